The Hall–Kier alpha value is -1.71. The summed E-state index contributed by atoms with van der Waals surface area (Å²) >= 11 is 0. The molecule has 1 aliphatic heterocycles. The standard InChI is InChI=1S/C11H13N3O/c1-2-8-7-12-6-5-9(8)10-3-4-11(15)14-13-10/h5-7H,2-4H2,1H3,(H,14,15). The van der Waals surface area contributed by atoms with Gasteiger partial charge in [-0.1, -0.05) is 6.92 Å². The Balaban J connectivity index is 2.37. The lowest BCUT2D eigenvalue weighted by molar-refractivity contribution is 0.525. The molecule has 0 bridgehead atoms. The molecule has 1 aliphatic rings. The van der Waals surface area contributed by atoms with Crippen LogP contribution in [0.5, 0.6) is 0 Å². The van der Waals surface area contributed by atoms with E-state index in [1.807, 2.05) is 12.3 Å². The van der Waals surface area contributed by atoms with Crippen LogP contribution < -0.4 is 0 Å². The molecule has 1 aromatic heterocycles. The number of aryl methyl sites for hydroxylation is 1. The maximum absolute atomic E-state index is 9.13. The van der Waals surface area contributed by atoms with Crippen LogP contribution in [0.2, 0.25) is 0 Å². The molecule has 0 saturated carbocycles. The van der Waals surface area contributed by atoms with Gasteiger partial charge in [-0.2, -0.15) is 5.10 Å². The second kappa shape index (κ2) is 4.21. The average molecular weight is 203 g/mol. The Morgan fingerprint density at radius 1 is 1.33 bits per heavy atom. The summed E-state index contributed by atoms with van der Waals surface area (Å²) in [5.74, 6) is 0.117. The lowest BCUT2D eigenvalue weighted by atomic mass is 10.00. The molecule has 2 rings (SSSR count). The van der Waals surface area contributed by atoms with Crippen LogP contribution in [0.25, 0.3) is 0 Å². The average Bonchev–Trinajstić information content (AvgIpc) is 2.30. The molecule has 0 radical (unpaired) electrons. The predicted molar refractivity (Wildman–Crippen MR) is 59.4 cm³/mol. The van der Waals surface area contributed by atoms with Crippen LogP contribution in [0.15, 0.2) is 28.7 Å². The fraction of sp³-hybridized carbons (Fsp3) is 0.364. The van der Waals surface area contributed by atoms with Crippen molar-refractivity contribution >= 4 is 11.6 Å². The van der Waals surface area contributed by atoms with Crippen LogP contribution >= 0.6 is 0 Å². The summed E-state index contributed by atoms with van der Waals surface area (Å²) in [5, 5.41) is 16.8. The summed E-state index contributed by atoms with van der Waals surface area (Å²) < 4.78 is 0. The maximum Gasteiger partial charge on any atom is 0.206 e. The van der Waals surface area contributed by atoms with E-state index < -0.39 is 0 Å². The Labute approximate surface area is 88.4 Å². The maximum atomic E-state index is 9.13. The van der Waals surface area contributed by atoms with Gasteiger partial charge in [0.15, 0.2) is 0 Å². The van der Waals surface area contributed by atoms with E-state index in [2.05, 4.69) is 22.1 Å². The van der Waals surface area contributed by atoms with Crippen LogP contribution in [-0.4, -0.2) is 21.7 Å². The molecule has 2 heterocycles. The number of pyridine rings is 1. The van der Waals surface area contributed by atoms with E-state index in [1.165, 1.54) is 5.56 Å². The highest BCUT2D eigenvalue weighted by Crippen LogP contribution is 2.15. The first-order valence-electron chi connectivity index (χ1n) is 5.07. The van der Waals surface area contributed by atoms with Crippen molar-refractivity contribution in [2.24, 2.45) is 10.2 Å². The highest BCUT2D eigenvalue weighted by Gasteiger charge is 2.13. The van der Waals surface area contributed by atoms with E-state index in [9.17, 15) is 0 Å². The van der Waals surface area contributed by atoms with Gasteiger partial charge in [0.1, 0.15) is 0 Å². The van der Waals surface area contributed by atoms with Gasteiger partial charge < -0.3 is 5.11 Å². The van der Waals surface area contributed by atoms with Crippen molar-refractivity contribution in [1.82, 2.24) is 4.98 Å². The molecular weight excluding hydrogens is 190 g/mol. The monoisotopic (exact) mass is 203 g/mol. The molecule has 0 unspecified atom stereocenters. The van der Waals surface area contributed by atoms with Crippen molar-refractivity contribution in [2.45, 2.75) is 26.2 Å². The molecule has 1 N–H and O–H groups in total. The van der Waals surface area contributed by atoms with Gasteiger partial charge in [0.2, 0.25) is 5.90 Å². The molecule has 4 heteroatoms. The Bertz CT molecular complexity index is 424. The molecule has 0 saturated heterocycles. The number of aliphatic hydroxyl groups excluding tert-OH is 1. The first-order valence-corrected chi connectivity index (χ1v) is 5.07. The van der Waals surface area contributed by atoms with Crippen LogP contribution in [0.4, 0.5) is 0 Å². The minimum absolute atomic E-state index is 0.117. The first-order chi connectivity index (χ1) is 7.31. The van der Waals surface area contributed by atoms with E-state index in [1.54, 1.807) is 6.20 Å². The smallest absolute Gasteiger partial charge is 0.206 e. The molecule has 0 spiro atoms. The van der Waals surface area contributed by atoms with Crippen LogP contribution in [-0.2, 0) is 6.42 Å². The van der Waals surface area contributed by atoms with Crippen molar-refractivity contribution in [3.8, 4) is 0 Å². The highest BCUT2D eigenvalue weighted by atomic mass is 16.3. The molecular formula is C11H13N3O. The molecule has 0 aromatic carbocycles. The zero-order valence-corrected chi connectivity index (χ0v) is 8.64. The van der Waals surface area contributed by atoms with Gasteiger partial charge >= 0.3 is 0 Å². The van der Waals surface area contributed by atoms with Gasteiger partial charge in [-0.25, -0.2) is 0 Å². The van der Waals surface area contributed by atoms with Crippen LogP contribution in [0.1, 0.15) is 30.9 Å². The molecule has 0 fully saturated rings. The number of nitrogens with zero attached hydrogens (tertiary/aromatic N) is 3. The van der Waals surface area contributed by atoms with E-state index in [4.69, 9.17) is 5.11 Å². The van der Waals surface area contributed by atoms with Gasteiger partial charge in [0, 0.05) is 30.8 Å². The van der Waals surface area contributed by atoms with E-state index in [0.29, 0.717) is 6.42 Å². The van der Waals surface area contributed by atoms with Gasteiger partial charge in [-0.05, 0) is 18.1 Å². The zero-order valence-electron chi connectivity index (χ0n) is 8.64. The molecule has 1 aromatic rings. The topological polar surface area (TPSA) is 57.8 Å². The van der Waals surface area contributed by atoms with Crippen molar-refractivity contribution in [3.63, 3.8) is 0 Å². The molecule has 4 nitrogen and oxygen atoms in total. The number of aromatic nitrogens is 1. The highest BCUT2D eigenvalue weighted by molar-refractivity contribution is 6.04. The number of rotatable bonds is 2. The minimum atomic E-state index is 0.117. The van der Waals surface area contributed by atoms with Crippen LogP contribution in [0, 0.1) is 0 Å². The third kappa shape index (κ3) is 2.03. The third-order valence-corrected chi connectivity index (χ3v) is 2.47. The molecule has 0 amide bonds. The Kier molecular flexibility index (Phi) is 2.76. The second-order valence-corrected chi connectivity index (χ2v) is 3.45. The summed E-state index contributed by atoms with van der Waals surface area (Å²) in [6.45, 7) is 2.09. The summed E-state index contributed by atoms with van der Waals surface area (Å²) in [5.41, 5.74) is 3.21. The Morgan fingerprint density at radius 2 is 2.20 bits per heavy atom. The molecule has 0 atom stereocenters. The van der Waals surface area contributed by atoms with E-state index in [-0.39, 0.29) is 5.90 Å². The molecule has 0 aliphatic carbocycles. The lowest BCUT2D eigenvalue weighted by Crippen LogP contribution is -2.12. The van der Waals surface area contributed by atoms with Crippen LogP contribution in [0.3, 0.4) is 0 Å². The summed E-state index contributed by atoms with van der Waals surface area (Å²) in [4.78, 5) is 4.09. The normalized spacial score (nSPS) is 15.8. The van der Waals surface area contributed by atoms with Gasteiger partial charge in [0.25, 0.3) is 0 Å². The van der Waals surface area contributed by atoms with Gasteiger partial charge in [0.05, 0.1) is 5.71 Å². The van der Waals surface area contributed by atoms with Crippen molar-refractivity contribution in [1.29, 1.82) is 0 Å². The quantitative estimate of drug-likeness (QED) is 0.800. The summed E-state index contributed by atoms with van der Waals surface area (Å²) in [6.07, 6.45) is 5.86. The molecule has 78 valence electrons. The fourth-order valence-electron chi connectivity index (χ4n) is 1.63. The zero-order chi connectivity index (χ0) is 10.7. The summed E-state index contributed by atoms with van der Waals surface area (Å²) in [6, 6.07) is 1.95. The minimum Gasteiger partial charge on any atom is -0.495 e. The predicted octanol–water partition coefficient (Wildman–Crippen LogP) is 2.10. The van der Waals surface area contributed by atoms with Gasteiger partial charge in [-0.15, -0.1) is 5.10 Å². The van der Waals surface area contributed by atoms with Crippen molar-refractivity contribution in [2.75, 3.05) is 0 Å². The second-order valence-electron chi connectivity index (χ2n) is 3.45. The fourth-order valence-corrected chi connectivity index (χ4v) is 1.63. The first kappa shape index (κ1) is 9.83. The Morgan fingerprint density at radius 3 is 2.87 bits per heavy atom. The molecule has 15 heavy (non-hydrogen) atoms. The van der Waals surface area contributed by atoms with Crippen molar-refractivity contribution < 1.29 is 5.11 Å². The SMILES string of the molecule is CCc1cnccc1C1=NN=C(O)CC1. The number of hydrogen-bond donors (Lipinski definition) is 1. The van der Waals surface area contributed by atoms with E-state index >= 15 is 0 Å². The van der Waals surface area contributed by atoms with Crippen molar-refractivity contribution in [3.05, 3.63) is 29.6 Å². The largest absolute Gasteiger partial charge is 0.495 e. The summed E-state index contributed by atoms with van der Waals surface area (Å²) in [7, 11) is 0. The van der Waals surface area contributed by atoms with Gasteiger partial charge in [-0.3, -0.25) is 4.98 Å². The third-order valence-electron chi connectivity index (χ3n) is 2.47. The lowest BCUT2D eigenvalue weighted by Gasteiger charge is -2.11. The van der Waals surface area contributed by atoms with E-state index in [0.717, 1.165) is 24.1 Å². The number of hydrogen-bond acceptors (Lipinski definition) is 3. The number of aliphatic hydroxyl groups is 1.